The highest BCUT2D eigenvalue weighted by atomic mass is 32.2. The molecule has 0 radical (unpaired) electrons. The molecule has 11 heteroatoms. The van der Waals surface area contributed by atoms with E-state index >= 15 is 0 Å². The fraction of sp³-hybridized carbons (Fsp3) is 0.367. The fourth-order valence-electron chi connectivity index (χ4n) is 6.30. The van der Waals surface area contributed by atoms with E-state index in [4.69, 9.17) is 0 Å². The number of carbonyl (C=O) groups excluding carboxylic acids is 1. The summed E-state index contributed by atoms with van der Waals surface area (Å²) in [5, 5.41) is 12.0. The van der Waals surface area contributed by atoms with Crippen molar-refractivity contribution in [1.29, 1.82) is 0 Å². The van der Waals surface area contributed by atoms with Crippen molar-refractivity contribution in [2.75, 3.05) is 0 Å². The third-order valence-electron chi connectivity index (χ3n) is 8.72. The molecule has 3 aliphatic carbocycles. The van der Waals surface area contributed by atoms with E-state index in [1.807, 2.05) is 19.1 Å². The maximum Gasteiger partial charge on any atom is 0.201 e. The van der Waals surface area contributed by atoms with Crippen LogP contribution < -0.4 is 0 Å². The lowest BCUT2D eigenvalue weighted by atomic mass is 9.61. The van der Waals surface area contributed by atoms with E-state index in [1.54, 1.807) is 35.3 Å². The van der Waals surface area contributed by atoms with Gasteiger partial charge in [0.15, 0.2) is 10.8 Å². The standard InChI is InChI=1S/C30H29FN6O3S/c1-2-36-33-18-28(35-36)41(39,40)25-11-6-22-13-27-21(17-34-37(27)24-9-7-23(31)8-10-24)14-30(22,15-25)29(38)26-12-5-20(16-32-26)19-3-4-19/h5,7-10,12-13,16-19,25H,2-4,6,11,14-15H2,1H3/t25-,30-/m0/s1. The SMILES string of the molecule is CCn1ncc(S(=O)(=O)[C@H]2CCC3=Cc4c(cnn4-c4ccc(F)cc4)C[C@]3(C(=O)c3ccc(C4CC4)cn3)C2)n1. The summed E-state index contributed by atoms with van der Waals surface area (Å²) >= 11 is 0. The van der Waals surface area contributed by atoms with E-state index in [2.05, 4.69) is 20.3 Å². The largest absolute Gasteiger partial charge is 0.291 e. The summed E-state index contributed by atoms with van der Waals surface area (Å²) in [7, 11) is -3.84. The molecule has 3 aromatic heterocycles. The predicted octanol–water partition coefficient (Wildman–Crippen LogP) is 4.73. The topological polar surface area (TPSA) is 113 Å². The molecule has 4 aromatic rings. The number of nitrogens with zero attached hydrogens (tertiary/aromatic N) is 6. The minimum absolute atomic E-state index is 0.0630. The van der Waals surface area contributed by atoms with Gasteiger partial charge in [0.1, 0.15) is 11.5 Å². The highest BCUT2D eigenvalue weighted by Crippen LogP contribution is 2.52. The summed E-state index contributed by atoms with van der Waals surface area (Å²) in [6.07, 6.45) is 10.2. The first-order valence-electron chi connectivity index (χ1n) is 14.0. The molecule has 0 saturated heterocycles. The van der Waals surface area contributed by atoms with Crippen molar-refractivity contribution >= 4 is 21.7 Å². The van der Waals surface area contributed by atoms with E-state index < -0.39 is 20.5 Å². The zero-order chi connectivity index (χ0) is 28.4. The van der Waals surface area contributed by atoms with Crippen molar-refractivity contribution in [2.45, 2.75) is 68.2 Å². The lowest BCUT2D eigenvalue weighted by Crippen LogP contribution is -2.46. The molecule has 7 rings (SSSR count). The van der Waals surface area contributed by atoms with Crippen LogP contribution in [0.15, 0.2) is 65.6 Å². The van der Waals surface area contributed by atoms with E-state index in [9.17, 15) is 17.6 Å². The molecule has 0 amide bonds. The Morgan fingerprint density at radius 3 is 2.54 bits per heavy atom. The van der Waals surface area contributed by atoms with Gasteiger partial charge in [-0.25, -0.2) is 17.5 Å². The zero-order valence-electron chi connectivity index (χ0n) is 22.6. The van der Waals surface area contributed by atoms with Crippen LogP contribution in [0.2, 0.25) is 0 Å². The van der Waals surface area contributed by atoms with Crippen molar-refractivity contribution in [3.63, 3.8) is 0 Å². The van der Waals surface area contributed by atoms with Gasteiger partial charge in [0, 0.05) is 6.20 Å². The number of sulfone groups is 1. The van der Waals surface area contributed by atoms with E-state index in [1.165, 1.54) is 23.1 Å². The van der Waals surface area contributed by atoms with Gasteiger partial charge in [0.05, 0.1) is 41.0 Å². The van der Waals surface area contributed by atoms with Crippen molar-refractivity contribution in [3.05, 3.63) is 88.9 Å². The molecule has 2 fully saturated rings. The van der Waals surface area contributed by atoms with Crippen LogP contribution in [0.3, 0.4) is 0 Å². The second-order valence-electron chi connectivity index (χ2n) is 11.2. The fourth-order valence-corrected chi connectivity index (χ4v) is 7.97. The van der Waals surface area contributed by atoms with Gasteiger partial charge < -0.3 is 0 Å². The molecule has 3 heterocycles. The number of pyridine rings is 1. The average Bonchev–Trinajstić information content (AvgIpc) is 3.58. The van der Waals surface area contributed by atoms with Crippen molar-refractivity contribution in [3.8, 4) is 5.69 Å². The average molecular weight is 573 g/mol. The first kappa shape index (κ1) is 25.9. The summed E-state index contributed by atoms with van der Waals surface area (Å²) in [5.41, 5.74) is 3.60. The lowest BCUT2D eigenvalue weighted by molar-refractivity contribution is 0.0796. The number of allylic oxidation sites excluding steroid dienone is 1. The van der Waals surface area contributed by atoms with E-state index in [0.717, 1.165) is 35.2 Å². The molecule has 0 aliphatic heterocycles. The van der Waals surface area contributed by atoms with Gasteiger partial charge in [0.2, 0.25) is 9.84 Å². The van der Waals surface area contributed by atoms with Gasteiger partial charge in [0.25, 0.3) is 0 Å². The van der Waals surface area contributed by atoms with Gasteiger partial charge >= 0.3 is 0 Å². The Morgan fingerprint density at radius 1 is 1.05 bits per heavy atom. The number of fused-ring (bicyclic) bond motifs is 2. The monoisotopic (exact) mass is 572 g/mol. The third-order valence-corrected chi connectivity index (χ3v) is 10.8. The maximum absolute atomic E-state index is 14.4. The van der Waals surface area contributed by atoms with Crippen molar-refractivity contribution < 1.29 is 17.6 Å². The minimum Gasteiger partial charge on any atom is -0.291 e. The number of rotatable bonds is 7. The number of ketones is 1. The normalized spacial score (nSPS) is 22.1. The summed E-state index contributed by atoms with van der Waals surface area (Å²) in [6.45, 7) is 2.30. The highest BCUT2D eigenvalue weighted by molar-refractivity contribution is 7.92. The molecule has 2 saturated carbocycles. The number of Topliss-reactive ketones (excluding diaryl/α,β-unsaturated/α-hetero) is 1. The Hall–Kier alpha value is -3.99. The van der Waals surface area contributed by atoms with Crippen LogP contribution in [0.4, 0.5) is 4.39 Å². The quantitative estimate of drug-likeness (QED) is 0.294. The van der Waals surface area contributed by atoms with Gasteiger partial charge in [-0.15, -0.1) is 5.10 Å². The van der Waals surface area contributed by atoms with Crippen molar-refractivity contribution in [2.24, 2.45) is 5.41 Å². The number of aryl methyl sites for hydroxylation is 1. The maximum atomic E-state index is 14.4. The highest BCUT2D eigenvalue weighted by Gasteiger charge is 2.52. The molecule has 0 N–H and O–H groups in total. The molecular formula is C30H29FN6O3S. The predicted molar refractivity (Wildman–Crippen MR) is 149 cm³/mol. The number of aromatic nitrogens is 6. The summed E-state index contributed by atoms with van der Waals surface area (Å²) in [4.78, 5) is 20.4. The Kier molecular flexibility index (Phi) is 6.04. The number of halogens is 1. The summed E-state index contributed by atoms with van der Waals surface area (Å²) in [6, 6.07) is 9.84. The second kappa shape index (κ2) is 9.54. The molecule has 1 aromatic carbocycles. The minimum atomic E-state index is -3.84. The smallest absolute Gasteiger partial charge is 0.201 e. The number of hydrogen-bond donors (Lipinski definition) is 0. The summed E-state index contributed by atoms with van der Waals surface area (Å²) < 4.78 is 42.9. The van der Waals surface area contributed by atoms with E-state index in [-0.39, 0.29) is 23.0 Å². The molecule has 0 spiro atoms. The molecule has 0 unspecified atom stereocenters. The molecular weight excluding hydrogens is 543 g/mol. The number of hydrogen-bond acceptors (Lipinski definition) is 7. The van der Waals surface area contributed by atoms with Crippen LogP contribution >= 0.6 is 0 Å². The molecule has 9 nitrogen and oxygen atoms in total. The lowest BCUT2D eigenvalue weighted by Gasteiger charge is -2.43. The molecule has 2 atom stereocenters. The van der Waals surface area contributed by atoms with Crippen LogP contribution in [0.1, 0.15) is 72.3 Å². The van der Waals surface area contributed by atoms with Crippen LogP contribution in [0.25, 0.3) is 11.8 Å². The first-order chi connectivity index (χ1) is 19.8. The van der Waals surface area contributed by atoms with Gasteiger partial charge in [-0.05, 0) is 98.9 Å². The second-order valence-corrected chi connectivity index (χ2v) is 13.4. The first-order valence-corrected chi connectivity index (χ1v) is 15.5. The molecule has 210 valence electrons. The number of benzene rings is 1. The van der Waals surface area contributed by atoms with Crippen LogP contribution in [-0.2, 0) is 22.8 Å². The Labute approximate surface area is 237 Å². The number of carbonyl (C=O) groups is 1. The zero-order valence-corrected chi connectivity index (χ0v) is 23.4. The summed E-state index contributed by atoms with van der Waals surface area (Å²) in [5.74, 6) is -0.00427. The molecule has 3 aliphatic rings. The molecule has 0 bridgehead atoms. The van der Waals surface area contributed by atoms with Crippen LogP contribution in [0.5, 0.6) is 0 Å². The Bertz CT molecular complexity index is 1790. The van der Waals surface area contributed by atoms with Crippen LogP contribution in [0, 0.1) is 11.2 Å². The Morgan fingerprint density at radius 2 is 1.85 bits per heavy atom. The van der Waals surface area contributed by atoms with Gasteiger partial charge in [-0.1, -0.05) is 11.6 Å². The van der Waals surface area contributed by atoms with E-state index in [0.29, 0.717) is 43.1 Å². The van der Waals surface area contributed by atoms with Crippen LogP contribution in [-0.4, -0.2) is 49.2 Å². The van der Waals surface area contributed by atoms with Gasteiger partial charge in [-0.3, -0.25) is 9.78 Å². The van der Waals surface area contributed by atoms with Gasteiger partial charge in [-0.2, -0.15) is 15.0 Å². The molecule has 41 heavy (non-hydrogen) atoms. The Balaban J connectivity index is 1.30. The third kappa shape index (κ3) is 4.34. The van der Waals surface area contributed by atoms with Crippen molar-refractivity contribution in [1.82, 2.24) is 29.8 Å².